The zero-order chi connectivity index (χ0) is 13.8. The van der Waals surface area contributed by atoms with E-state index in [0.29, 0.717) is 0 Å². The van der Waals surface area contributed by atoms with Gasteiger partial charge in [0, 0.05) is 11.6 Å². The normalized spacial score (nSPS) is 10.5. The third-order valence-electron chi connectivity index (χ3n) is 3.16. The van der Waals surface area contributed by atoms with Gasteiger partial charge in [-0.1, -0.05) is 29.8 Å². The monoisotopic (exact) mass is 275 g/mol. The molecule has 2 rings (SSSR count). The molecular formula is C16H18ClNO. The summed E-state index contributed by atoms with van der Waals surface area (Å²) in [5.41, 5.74) is 4.60. The average Bonchev–Trinajstić information content (AvgIpc) is 2.41. The Morgan fingerprint density at radius 2 is 1.95 bits per heavy atom. The molecule has 0 unspecified atom stereocenters. The van der Waals surface area contributed by atoms with Gasteiger partial charge in [0.2, 0.25) is 0 Å². The Hall–Kier alpha value is -1.51. The summed E-state index contributed by atoms with van der Waals surface area (Å²) in [5.74, 6) is 0.874. The van der Waals surface area contributed by atoms with E-state index < -0.39 is 0 Å². The molecule has 0 saturated carbocycles. The molecular weight excluding hydrogens is 258 g/mol. The molecule has 0 saturated heterocycles. The molecule has 0 atom stereocenters. The highest BCUT2D eigenvalue weighted by Crippen LogP contribution is 2.30. The molecule has 3 heteroatoms. The molecule has 0 fully saturated rings. The van der Waals surface area contributed by atoms with E-state index in [1.807, 2.05) is 25.2 Å². The lowest BCUT2D eigenvalue weighted by molar-refractivity contribution is 0.414. The van der Waals surface area contributed by atoms with E-state index in [2.05, 4.69) is 30.4 Å². The highest BCUT2D eigenvalue weighted by molar-refractivity contribution is 6.31. The van der Waals surface area contributed by atoms with Gasteiger partial charge in [-0.25, -0.2) is 0 Å². The standard InChI is InChI=1S/C16H18ClNO/c1-11-8-14(19-3)6-7-15(11)12-4-5-13(10-18-2)16(17)9-12/h4-9,18H,10H2,1-3H3. The Morgan fingerprint density at radius 3 is 2.53 bits per heavy atom. The van der Waals surface area contributed by atoms with Gasteiger partial charge in [0.15, 0.2) is 0 Å². The first-order chi connectivity index (χ1) is 9.15. The van der Waals surface area contributed by atoms with Crippen LogP contribution in [-0.2, 0) is 6.54 Å². The van der Waals surface area contributed by atoms with Crippen molar-refractivity contribution in [1.29, 1.82) is 0 Å². The Balaban J connectivity index is 2.39. The van der Waals surface area contributed by atoms with Crippen LogP contribution >= 0.6 is 11.6 Å². The number of halogens is 1. The number of ether oxygens (including phenoxy) is 1. The predicted molar refractivity (Wildman–Crippen MR) is 80.9 cm³/mol. The Labute approximate surface area is 119 Å². The van der Waals surface area contributed by atoms with Crippen LogP contribution in [0.1, 0.15) is 11.1 Å². The Morgan fingerprint density at radius 1 is 1.16 bits per heavy atom. The maximum atomic E-state index is 6.30. The Kier molecular flexibility index (Phi) is 4.46. The van der Waals surface area contributed by atoms with E-state index in [-0.39, 0.29) is 0 Å². The molecule has 0 spiro atoms. The molecule has 0 aliphatic carbocycles. The fraction of sp³-hybridized carbons (Fsp3) is 0.250. The van der Waals surface area contributed by atoms with E-state index in [4.69, 9.17) is 16.3 Å². The van der Waals surface area contributed by atoms with Crippen LogP contribution in [0.3, 0.4) is 0 Å². The van der Waals surface area contributed by atoms with E-state index in [0.717, 1.165) is 28.4 Å². The number of nitrogens with one attached hydrogen (secondary N) is 1. The zero-order valence-electron chi connectivity index (χ0n) is 11.5. The molecule has 0 aliphatic heterocycles. The van der Waals surface area contributed by atoms with Crippen LogP contribution in [0.2, 0.25) is 5.02 Å². The topological polar surface area (TPSA) is 21.3 Å². The van der Waals surface area contributed by atoms with Crippen molar-refractivity contribution in [2.24, 2.45) is 0 Å². The fourth-order valence-corrected chi connectivity index (χ4v) is 2.38. The van der Waals surface area contributed by atoms with Gasteiger partial charge in [0.25, 0.3) is 0 Å². The number of methoxy groups -OCH3 is 1. The van der Waals surface area contributed by atoms with Gasteiger partial charge in [-0.15, -0.1) is 0 Å². The van der Waals surface area contributed by atoms with Crippen molar-refractivity contribution in [1.82, 2.24) is 5.32 Å². The molecule has 19 heavy (non-hydrogen) atoms. The van der Waals surface area contributed by atoms with Gasteiger partial charge in [-0.05, 0) is 54.4 Å². The smallest absolute Gasteiger partial charge is 0.119 e. The number of benzene rings is 2. The molecule has 2 aromatic carbocycles. The molecule has 0 aliphatic rings. The van der Waals surface area contributed by atoms with Gasteiger partial charge in [0.05, 0.1) is 7.11 Å². The average molecular weight is 276 g/mol. The molecule has 100 valence electrons. The van der Waals surface area contributed by atoms with Gasteiger partial charge in [-0.2, -0.15) is 0 Å². The molecule has 1 N–H and O–H groups in total. The summed E-state index contributed by atoms with van der Waals surface area (Å²) >= 11 is 6.30. The van der Waals surface area contributed by atoms with Crippen LogP contribution in [0.4, 0.5) is 0 Å². The molecule has 0 heterocycles. The summed E-state index contributed by atoms with van der Waals surface area (Å²) in [6.45, 7) is 2.86. The summed E-state index contributed by atoms with van der Waals surface area (Å²) < 4.78 is 5.23. The van der Waals surface area contributed by atoms with Crippen molar-refractivity contribution in [2.45, 2.75) is 13.5 Å². The lowest BCUT2D eigenvalue weighted by Crippen LogP contribution is -2.05. The van der Waals surface area contributed by atoms with Gasteiger partial charge in [-0.3, -0.25) is 0 Å². The van der Waals surface area contributed by atoms with Crippen LogP contribution in [0, 0.1) is 6.92 Å². The first kappa shape index (κ1) is 13.9. The zero-order valence-corrected chi connectivity index (χ0v) is 12.2. The summed E-state index contributed by atoms with van der Waals surface area (Å²) in [6, 6.07) is 12.3. The Bertz CT molecular complexity index is 581. The first-order valence-corrected chi connectivity index (χ1v) is 6.61. The van der Waals surface area contributed by atoms with Crippen molar-refractivity contribution in [3.63, 3.8) is 0 Å². The van der Waals surface area contributed by atoms with E-state index in [1.165, 1.54) is 11.1 Å². The number of rotatable bonds is 4. The van der Waals surface area contributed by atoms with Crippen LogP contribution in [0.15, 0.2) is 36.4 Å². The van der Waals surface area contributed by atoms with Crippen molar-refractivity contribution >= 4 is 11.6 Å². The summed E-state index contributed by atoms with van der Waals surface area (Å²) in [4.78, 5) is 0. The number of aryl methyl sites for hydroxylation is 1. The highest BCUT2D eigenvalue weighted by atomic mass is 35.5. The van der Waals surface area contributed by atoms with E-state index >= 15 is 0 Å². The number of hydrogen-bond donors (Lipinski definition) is 1. The second-order valence-electron chi connectivity index (χ2n) is 4.52. The largest absolute Gasteiger partial charge is 0.497 e. The summed E-state index contributed by atoms with van der Waals surface area (Å²) in [5, 5.41) is 3.90. The molecule has 0 radical (unpaired) electrons. The second-order valence-corrected chi connectivity index (χ2v) is 4.92. The minimum atomic E-state index is 0.778. The quantitative estimate of drug-likeness (QED) is 0.909. The van der Waals surface area contributed by atoms with Gasteiger partial charge >= 0.3 is 0 Å². The maximum absolute atomic E-state index is 6.30. The van der Waals surface area contributed by atoms with Crippen LogP contribution in [-0.4, -0.2) is 14.2 Å². The summed E-state index contributed by atoms with van der Waals surface area (Å²) in [6.07, 6.45) is 0. The van der Waals surface area contributed by atoms with Crippen LogP contribution in [0.5, 0.6) is 5.75 Å². The number of hydrogen-bond acceptors (Lipinski definition) is 2. The predicted octanol–water partition coefficient (Wildman–Crippen LogP) is 4.04. The maximum Gasteiger partial charge on any atom is 0.119 e. The SMILES string of the molecule is CNCc1ccc(-c2ccc(OC)cc2C)cc1Cl. The molecule has 0 bridgehead atoms. The lowest BCUT2D eigenvalue weighted by atomic mass is 9.99. The minimum Gasteiger partial charge on any atom is -0.497 e. The van der Waals surface area contributed by atoms with E-state index in [1.54, 1.807) is 7.11 Å². The van der Waals surface area contributed by atoms with Crippen LogP contribution < -0.4 is 10.1 Å². The van der Waals surface area contributed by atoms with Crippen molar-refractivity contribution in [3.05, 3.63) is 52.5 Å². The first-order valence-electron chi connectivity index (χ1n) is 6.23. The van der Waals surface area contributed by atoms with Crippen molar-refractivity contribution in [2.75, 3.05) is 14.2 Å². The lowest BCUT2D eigenvalue weighted by Gasteiger charge is -2.10. The van der Waals surface area contributed by atoms with E-state index in [9.17, 15) is 0 Å². The molecule has 2 aromatic rings. The fourth-order valence-electron chi connectivity index (χ4n) is 2.14. The van der Waals surface area contributed by atoms with Gasteiger partial charge < -0.3 is 10.1 Å². The van der Waals surface area contributed by atoms with Crippen molar-refractivity contribution < 1.29 is 4.74 Å². The third-order valence-corrected chi connectivity index (χ3v) is 3.52. The molecule has 2 nitrogen and oxygen atoms in total. The molecule has 0 amide bonds. The summed E-state index contributed by atoms with van der Waals surface area (Å²) in [7, 11) is 3.59. The second kappa shape index (κ2) is 6.09. The van der Waals surface area contributed by atoms with Crippen LogP contribution in [0.25, 0.3) is 11.1 Å². The molecule has 0 aromatic heterocycles. The third kappa shape index (κ3) is 3.09. The highest BCUT2D eigenvalue weighted by Gasteiger charge is 2.06. The van der Waals surface area contributed by atoms with Gasteiger partial charge in [0.1, 0.15) is 5.75 Å². The minimum absolute atomic E-state index is 0.778. The van der Waals surface area contributed by atoms with Crippen molar-refractivity contribution in [3.8, 4) is 16.9 Å².